The maximum atomic E-state index is 12.9. The van der Waals surface area contributed by atoms with Gasteiger partial charge in [-0.2, -0.15) is 0 Å². The predicted octanol–water partition coefficient (Wildman–Crippen LogP) is 3.30. The predicted molar refractivity (Wildman–Crippen MR) is 112 cm³/mol. The number of fused-ring (bicyclic) bond motifs is 1. The molecule has 0 aliphatic heterocycles. The molecule has 28 heavy (non-hydrogen) atoms. The SMILES string of the molecule is CC(C)(C)C1CCCCC1NC(=O)Cn1c(CS(C)(=O)=O)nc2ccccc21. The van der Waals surface area contributed by atoms with Gasteiger partial charge in [0.15, 0.2) is 9.84 Å². The number of hydrogen-bond donors (Lipinski definition) is 1. The van der Waals surface area contributed by atoms with E-state index in [0.717, 1.165) is 24.8 Å². The molecule has 2 unspecified atom stereocenters. The van der Waals surface area contributed by atoms with Crippen molar-refractivity contribution in [3.05, 3.63) is 30.1 Å². The van der Waals surface area contributed by atoms with E-state index in [1.165, 1.54) is 12.7 Å². The van der Waals surface area contributed by atoms with Crippen molar-refractivity contribution in [2.24, 2.45) is 11.3 Å². The molecule has 1 heterocycles. The van der Waals surface area contributed by atoms with Crippen molar-refractivity contribution < 1.29 is 13.2 Å². The van der Waals surface area contributed by atoms with E-state index < -0.39 is 9.84 Å². The van der Waals surface area contributed by atoms with E-state index in [1.807, 2.05) is 24.3 Å². The number of carbonyl (C=O) groups is 1. The lowest BCUT2D eigenvalue weighted by Crippen LogP contribution is -2.47. The van der Waals surface area contributed by atoms with Gasteiger partial charge < -0.3 is 9.88 Å². The van der Waals surface area contributed by atoms with Crippen molar-refractivity contribution in [3.8, 4) is 0 Å². The van der Waals surface area contributed by atoms with Gasteiger partial charge in [-0.05, 0) is 36.3 Å². The number of benzene rings is 1. The number of hydrogen-bond acceptors (Lipinski definition) is 4. The fourth-order valence-electron chi connectivity index (χ4n) is 4.38. The quantitative estimate of drug-likeness (QED) is 0.827. The summed E-state index contributed by atoms with van der Waals surface area (Å²) in [6.07, 6.45) is 5.65. The van der Waals surface area contributed by atoms with Crippen molar-refractivity contribution in [1.29, 1.82) is 0 Å². The van der Waals surface area contributed by atoms with Crippen LogP contribution in [0.2, 0.25) is 0 Å². The van der Waals surface area contributed by atoms with Crippen LogP contribution >= 0.6 is 0 Å². The molecule has 3 rings (SSSR count). The van der Waals surface area contributed by atoms with Crippen LogP contribution in [-0.4, -0.2) is 36.2 Å². The van der Waals surface area contributed by atoms with Crippen LogP contribution in [-0.2, 0) is 26.9 Å². The fourth-order valence-corrected chi connectivity index (χ4v) is 5.07. The third kappa shape index (κ3) is 4.93. The zero-order chi connectivity index (χ0) is 20.5. The third-order valence-electron chi connectivity index (χ3n) is 5.65. The minimum atomic E-state index is -3.25. The largest absolute Gasteiger partial charge is 0.352 e. The highest BCUT2D eigenvalue weighted by Crippen LogP contribution is 2.38. The van der Waals surface area contributed by atoms with Gasteiger partial charge in [0, 0.05) is 12.3 Å². The van der Waals surface area contributed by atoms with Gasteiger partial charge in [-0.1, -0.05) is 45.7 Å². The van der Waals surface area contributed by atoms with Crippen molar-refractivity contribution in [1.82, 2.24) is 14.9 Å². The second-order valence-electron chi connectivity index (χ2n) is 9.10. The number of para-hydroxylation sites is 2. The van der Waals surface area contributed by atoms with Gasteiger partial charge in [-0.15, -0.1) is 0 Å². The molecule has 0 saturated heterocycles. The standard InChI is InChI=1S/C21H31N3O3S/c1-21(2,3)15-9-5-6-10-16(15)23-20(25)13-24-18-12-8-7-11-17(18)22-19(24)14-28(4,26)27/h7-8,11-12,15-16H,5-6,9-10,13-14H2,1-4H3,(H,23,25). The Bertz CT molecular complexity index is 957. The summed E-state index contributed by atoms with van der Waals surface area (Å²) < 4.78 is 25.4. The van der Waals surface area contributed by atoms with Crippen LogP contribution in [0.25, 0.3) is 11.0 Å². The van der Waals surface area contributed by atoms with Gasteiger partial charge >= 0.3 is 0 Å². The van der Waals surface area contributed by atoms with Gasteiger partial charge in [0.25, 0.3) is 0 Å². The van der Waals surface area contributed by atoms with Crippen molar-refractivity contribution in [2.45, 2.75) is 64.8 Å². The van der Waals surface area contributed by atoms with Crippen LogP contribution in [0.3, 0.4) is 0 Å². The van der Waals surface area contributed by atoms with E-state index in [9.17, 15) is 13.2 Å². The minimum Gasteiger partial charge on any atom is -0.352 e. The Morgan fingerprint density at radius 2 is 1.89 bits per heavy atom. The Morgan fingerprint density at radius 1 is 1.21 bits per heavy atom. The normalized spacial score (nSPS) is 21.0. The number of carbonyl (C=O) groups excluding carboxylic acids is 1. The molecule has 2 atom stereocenters. The van der Waals surface area contributed by atoms with E-state index in [1.54, 1.807) is 4.57 Å². The number of sulfone groups is 1. The van der Waals surface area contributed by atoms with E-state index >= 15 is 0 Å². The number of nitrogens with one attached hydrogen (secondary N) is 1. The smallest absolute Gasteiger partial charge is 0.240 e. The Balaban J connectivity index is 1.83. The van der Waals surface area contributed by atoms with E-state index in [2.05, 4.69) is 31.1 Å². The topological polar surface area (TPSA) is 81.1 Å². The summed E-state index contributed by atoms with van der Waals surface area (Å²) in [4.78, 5) is 17.4. The lowest BCUT2D eigenvalue weighted by Gasteiger charge is -2.40. The lowest BCUT2D eigenvalue weighted by molar-refractivity contribution is -0.123. The molecule has 154 valence electrons. The van der Waals surface area contributed by atoms with Crippen molar-refractivity contribution in [3.63, 3.8) is 0 Å². The van der Waals surface area contributed by atoms with Gasteiger partial charge in [0.05, 0.1) is 11.0 Å². The average Bonchev–Trinajstić information content (AvgIpc) is 2.90. The molecule has 7 heteroatoms. The van der Waals surface area contributed by atoms with Crippen LogP contribution in [0.15, 0.2) is 24.3 Å². The first kappa shape index (κ1) is 20.8. The number of aromatic nitrogens is 2. The number of imidazole rings is 1. The second-order valence-corrected chi connectivity index (χ2v) is 11.2. The van der Waals surface area contributed by atoms with Gasteiger partial charge in [0.1, 0.15) is 18.1 Å². The number of nitrogens with zero attached hydrogens (tertiary/aromatic N) is 2. The molecule has 1 amide bonds. The third-order valence-corrected chi connectivity index (χ3v) is 6.43. The van der Waals surface area contributed by atoms with Gasteiger partial charge in [-0.25, -0.2) is 13.4 Å². The van der Waals surface area contributed by atoms with Crippen LogP contribution in [0.5, 0.6) is 0 Å². The van der Waals surface area contributed by atoms with Crippen LogP contribution < -0.4 is 5.32 Å². The summed E-state index contributed by atoms with van der Waals surface area (Å²) in [6.45, 7) is 6.78. The number of amides is 1. The zero-order valence-corrected chi connectivity index (χ0v) is 18.1. The molecule has 6 nitrogen and oxygen atoms in total. The highest BCUT2D eigenvalue weighted by molar-refractivity contribution is 7.89. The van der Waals surface area contributed by atoms with Gasteiger partial charge in [0.2, 0.25) is 5.91 Å². The van der Waals surface area contributed by atoms with Crippen molar-refractivity contribution >= 4 is 26.8 Å². The second kappa shape index (κ2) is 7.85. The molecule has 1 aliphatic rings. The molecule has 1 N–H and O–H groups in total. The Morgan fingerprint density at radius 3 is 2.57 bits per heavy atom. The molecule has 0 spiro atoms. The van der Waals surface area contributed by atoms with E-state index in [4.69, 9.17) is 0 Å². The molecular formula is C21H31N3O3S. The van der Waals surface area contributed by atoms with E-state index in [-0.39, 0.29) is 29.7 Å². The fraction of sp³-hybridized carbons (Fsp3) is 0.619. The molecule has 1 saturated carbocycles. The summed E-state index contributed by atoms with van der Waals surface area (Å²) in [6, 6.07) is 7.61. The lowest BCUT2D eigenvalue weighted by atomic mass is 9.69. The molecule has 1 fully saturated rings. The highest BCUT2D eigenvalue weighted by atomic mass is 32.2. The summed E-state index contributed by atoms with van der Waals surface area (Å²) in [5.74, 6) is 0.595. The molecule has 1 aliphatic carbocycles. The summed E-state index contributed by atoms with van der Waals surface area (Å²) in [5.41, 5.74) is 1.63. The first-order valence-electron chi connectivity index (χ1n) is 9.96. The maximum Gasteiger partial charge on any atom is 0.240 e. The maximum absolute atomic E-state index is 12.9. The van der Waals surface area contributed by atoms with Crippen LogP contribution in [0, 0.1) is 11.3 Å². The van der Waals surface area contributed by atoms with Crippen LogP contribution in [0.4, 0.5) is 0 Å². The molecule has 2 aromatic rings. The summed E-state index contributed by atoms with van der Waals surface area (Å²) >= 11 is 0. The Kier molecular flexibility index (Phi) is 5.84. The Labute approximate surface area is 167 Å². The number of rotatable bonds is 5. The van der Waals surface area contributed by atoms with E-state index in [0.29, 0.717) is 17.3 Å². The first-order valence-corrected chi connectivity index (χ1v) is 12.0. The monoisotopic (exact) mass is 405 g/mol. The summed E-state index contributed by atoms with van der Waals surface area (Å²) in [5, 5.41) is 3.23. The first-order chi connectivity index (χ1) is 13.0. The Hall–Kier alpha value is -1.89. The molecule has 1 aromatic carbocycles. The molecule has 1 aromatic heterocycles. The molecule has 0 radical (unpaired) electrons. The zero-order valence-electron chi connectivity index (χ0n) is 17.2. The highest BCUT2D eigenvalue weighted by Gasteiger charge is 2.35. The van der Waals surface area contributed by atoms with Crippen LogP contribution in [0.1, 0.15) is 52.3 Å². The van der Waals surface area contributed by atoms with Gasteiger partial charge in [-0.3, -0.25) is 4.79 Å². The van der Waals surface area contributed by atoms with Crippen molar-refractivity contribution in [2.75, 3.05) is 6.26 Å². The molecule has 0 bridgehead atoms. The minimum absolute atomic E-state index is 0.0821. The summed E-state index contributed by atoms with van der Waals surface area (Å²) in [7, 11) is -3.25. The average molecular weight is 406 g/mol. The molecular weight excluding hydrogens is 374 g/mol.